The van der Waals surface area contributed by atoms with Gasteiger partial charge in [0.1, 0.15) is 4.83 Å². The third-order valence-electron chi connectivity index (χ3n) is 5.62. The first-order valence-corrected chi connectivity index (χ1v) is 11.9. The third kappa shape index (κ3) is 3.64. The molecule has 1 aliphatic heterocycles. The molecule has 1 fully saturated rings. The predicted octanol–water partition coefficient (Wildman–Crippen LogP) is 4.06. The van der Waals surface area contributed by atoms with Crippen molar-refractivity contribution < 1.29 is 9.26 Å². The molecule has 4 heterocycles. The van der Waals surface area contributed by atoms with Crippen LogP contribution in [0.15, 0.2) is 14.5 Å². The van der Waals surface area contributed by atoms with E-state index in [9.17, 15) is 4.79 Å². The average molecular weight is 433 g/mol. The van der Waals surface area contributed by atoms with Crippen LogP contribution in [0.3, 0.4) is 0 Å². The summed E-state index contributed by atoms with van der Waals surface area (Å²) in [5.74, 6) is 1.16. The van der Waals surface area contributed by atoms with Crippen molar-refractivity contribution in [3.05, 3.63) is 32.5 Å². The number of rotatable bonds is 5. The minimum atomic E-state index is -0.0918. The van der Waals surface area contributed by atoms with E-state index in [1.54, 1.807) is 18.3 Å². The SMILES string of the molecule is Cc1noc([C@@H](C)Sc2nc3sc4c(c3c(=O)n2C[C@H]2CCCO2)CCCC4)n1. The monoisotopic (exact) mass is 432 g/mol. The summed E-state index contributed by atoms with van der Waals surface area (Å²) in [6, 6.07) is 0. The fraction of sp³-hybridized carbons (Fsp3) is 0.600. The molecule has 154 valence electrons. The van der Waals surface area contributed by atoms with E-state index in [2.05, 4.69) is 10.1 Å². The first-order chi connectivity index (χ1) is 14.1. The van der Waals surface area contributed by atoms with Gasteiger partial charge < -0.3 is 9.26 Å². The van der Waals surface area contributed by atoms with Crippen molar-refractivity contribution in [2.24, 2.45) is 0 Å². The zero-order valence-corrected chi connectivity index (χ0v) is 18.3. The molecule has 0 bridgehead atoms. The van der Waals surface area contributed by atoms with Crippen LogP contribution in [-0.4, -0.2) is 32.4 Å². The number of thioether (sulfide) groups is 1. The van der Waals surface area contributed by atoms with Crippen molar-refractivity contribution in [1.29, 1.82) is 0 Å². The van der Waals surface area contributed by atoms with Crippen LogP contribution in [0.2, 0.25) is 0 Å². The predicted molar refractivity (Wildman–Crippen MR) is 113 cm³/mol. The molecule has 29 heavy (non-hydrogen) atoms. The van der Waals surface area contributed by atoms with Crippen LogP contribution in [0.1, 0.15) is 60.0 Å². The molecule has 0 N–H and O–H groups in total. The highest BCUT2D eigenvalue weighted by Crippen LogP contribution is 2.37. The Bertz CT molecular complexity index is 1100. The maximum absolute atomic E-state index is 13.6. The number of hydrogen-bond acceptors (Lipinski definition) is 8. The Morgan fingerprint density at radius 3 is 2.90 bits per heavy atom. The van der Waals surface area contributed by atoms with E-state index in [-0.39, 0.29) is 16.9 Å². The van der Waals surface area contributed by atoms with Crippen LogP contribution in [0.4, 0.5) is 0 Å². The van der Waals surface area contributed by atoms with Crippen molar-refractivity contribution in [2.75, 3.05) is 6.61 Å². The van der Waals surface area contributed by atoms with Crippen LogP contribution in [0.25, 0.3) is 10.2 Å². The van der Waals surface area contributed by atoms with E-state index in [0.717, 1.165) is 48.9 Å². The summed E-state index contributed by atoms with van der Waals surface area (Å²) in [5, 5.41) is 5.33. The van der Waals surface area contributed by atoms with Gasteiger partial charge in [0, 0.05) is 11.5 Å². The summed E-state index contributed by atoms with van der Waals surface area (Å²) < 4.78 is 13.0. The van der Waals surface area contributed by atoms with Crippen molar-refractivity contribution in [1.82, 2.24) is 19.7 Å². The molecule has 5 rings (SSSR count). The largest absolute Gasteiger partial charge is 0.376 e. The van der Waals surface area contributed by atoms with Crippen LogP contribution >= 0.6 is 23.1 Å². The van der Waals surface area contributed by atoms with Gasteiger partial charge in [-0.2, -0.15) is 4.98 Å². The van der Waals surface area contributed by atoms with Gasteiger partial charge >= 0.3 is 0 Å². The number of hydrogen-bond donors (Lipinski definition) is 0. The van der Waals surface area contributed by atoms with Gasteiger partial charge in [0.2, 0.25) is 5.89 Å². The Morgan fingerprint density at radius 1 is 1.28 bits per heavy atom. The van der Waals surface area contributed by atoms with Crippen LogP contribution in [0, 0.1) is 6.92 Å². The minimum absolute atomic E-state index is 0.0707. The van der Waals surface area contributed by atoms with Gasteiger partial charge in [0.25, 0.3) is 5.56 Å². The maximum Gasteiger partial charge on any atom is 0.263 e. The highest BCUT2D eigenvalue weighted by Gasteiger charge is 2.26. The number of nitrogens with zero attached hydrogens (tertiary/aromatic N) is 4. The second-order valence-electron chi connectivity index (χ2n) is 7.78. The second-order valence-corrected chi connectivity index (χ2v) is 10.2. The summed E-state index contributed by atoms with van der Waals surface area (Å²) >= 11 is 3.19. The molecule has 3 aromatic heterocycles. The molecule has 1 saturated heterocycles. The van der Waals surface area contributed by atoms with E-state index in [0.29, 0.717) is 23.4 Å². The van der Waals surface area contributed by atoms with Gasteiger partial charge in [0.05, 0.1) is 23.3 Å². The van der Waals surface area contributed by atoms with Gasteiger partial charge in [-0.15, -0.1) is 11.3 Å². The average Bonchev–Trinajstić information content (AvgIpc) is 3.44. The molecule has 0 saturated carbocycles. The Labute approximate surface area is 176 Å². The molecule has 0 unspecified atom stereocenters. The number of aryl methyl sites for hydroxylation is 3. The first kappa shape index (κ1) is 19.3. The number of aromatic nitrogens is 4. The zero-order valence-electron chi connectivity index (χ0n) is 16.6. The van der Waals surface area contributed by atoms with E-state index in [1.165, 1.54) is 28.6 Å². The lowest BCUT2D eigenvalue weighted by atomic mass is 9.97. The summed E-state index contributed by atoms with van der Waals surface area (Å²) in [6.07, 6.45) is 6.48. The van der Waals surface area contributed by atoms with Crippen LogP contribution in [0.5, 0.6) is 0 Å². The lowest BCUT2D eigenvalue weighted by Crippen LogP contribution is -2.29. The summed E-state index contributed by atoms with van der Waals surface area (Å²) in [4.78, 5) is 25.1. The molecule has 9 heteroatoms. The molecule has 0 amide bonds. The topological polar surface area (TPSA) is 83.0 Å². The van der Waals surface area contributed by atoms with Crippen molar-refractivity contribution in [3.63, 3.8) is 0 Å². The molecule has 3 aromatic rings. The smallest absolute Gasteiger partial charge is 0.263 e. The normalized spacial score (nSPS) is 20.3. The molecule has 2 atom stereocenters. The highest BCUT2D eigenvalue weighted by molar-refractivity contribution is 7.99. The highest BCUT2D eigenvalue weighted by atomic mass is 32.2. The Hall–Kier alpha value is -1.71. The lowest BCUT2D eigenvalue weighted by molar-refractivity contribution is 0.0937. The van der Waals surface area contributed by atoms with Crippen LogP contribution < -0.4 is 5.56 Å². The van der Waals surface area contributed by atoms with Crippen molar-refractivity contribution >= 4 is 33.3 Å². The summed E-state index contributed by atoms with van der Waals surface area (Å²) in [7, 11) is 0. The molecule has 0 radical (unpaired) electrons. The molecular weight excluding hydrogens is 408 g/mol. The van der Waals surface area contributed by atoms with Gasteiger partial charge in [-0.1, -0.05) is 16.9 Å². The Kier molecular flexibility index (Phi) is 5.21. The molecular formula is C20H24N4O3S2. The van der Waals surface area contributed by atoms with Crippen LogP contribution in [-0.2, 0) is 24.1 Å². The number of fused-ring (bicyclic) bond motifs is 3. The first-order valence-electron chi connectivity index (χ1n) is 10.2. The van der Waals surface area contributed by atoms with E-state index in [1.807, 2.05) is 11.5 Å². The molecule has 0 aromatic carbocycles. The van der Waals surface area contributed by atoms with Gasteiger partial charge in [-0.3, -0.25) is 9.36 Å². The molecule has 7 nitrogen and oxygen atoms in total. The van der Waals surface area contributed by atoms with Gasteiger partial charge in [-0.25, -0.2) is 4.98 Å². The number of ether oxygens (including phenoxy) is 1. The molecule has 0 spiro atoms. The van der Waals surface area contributed by atoms with Gasteiger partial charge in [0.15, 0.2) is 11.0 Å². The maximum atomic E-state index is 13.6. The fourth-order valence-corrected chi connectivity index (χ4v) is 6.40. The Morgan fingerprint density at radius 2 is 2.14 bits per heavy atom. The van der Waals surface area contributed by atoms with E-state index >= 15 is 0 Å². The second kappa shape index (κ2) is 7.85. The Balaban J connectivity index is 1.59. The summed E-state index contributed by atoms with van der Waals surface area (Å²) in [6.45, 7) is 5.12. The summed E-state index contributed by atoms with van der Waals surface area (Å²) in [5.41, 5.74) is 1.30. The third-order valence-corrected chi connectivity index (χ3v) is 7.89. The lowest BCUT2D eigenvalue weighted by Gasteiger charge is -2.17. The quantitative estimate of drug-likeness (QED) is 0.444. The minimum Gasteiger partial charge on any atom is -0.376 e. The van der Waals surface area contributed by atoms with E-state index < -0.39 is 0 Å². The molecule has 1 aliphatic carbocycles. The van der Waals surface area contributed by atoms with Crippen molar-refractivity contribution in [3.8, 4) is 0 Å². The molecule has 2 aliphatic rings. The fourth-order valence-electron chi connectivity index (χ4n) is 4.15. The van der Waals surface area contributed by atoms with Gasteiger partial charge in [-0.05, 0) is 57.9 Å². The number of thiophene rings is 1. The van der Waals surface area contributed by atoms with E-state index in [4.69, 9.17) is 14.2 Å². The zero-order chi connectivity index (χ0) is 20.0. The standard InChI is InChI=1S/C20H24N4O3S2/c1-11(17-21-12(2)23-27-17)28-20-22-18-16(14-7-3-4-8-15(14)29-18)19(25)24(20)10-13-6-5-9-26-13/h11,13H,3-10H2,1-2H3/t11-,13-/m1/s1. The van der Waals surface area contributed by atoms with Crippen molar-refractivity contribution in [2.45, 2.75) is 75.4 Å².